The summed E-state index contributed by atoms with van der Waals surface area (Å²) in [5, 5.41) is 5.84. The zero-order chi connectivity index (χ0) is 15.2. The fourth-order valence-corrected chi connectivity index (χ4v) is 1.86. The molecule has 0 atom stereocenters. The van der Waals surface area contributed by atoms with Gasteiger partial charge in [-0.2, -0.15) is 0 Å². The Morgan fingerprint density at radius 3 is 2.71 bits per heavy atom. The maximum Gasteiger partial charge on any atom is 0.271 e. The van der Waals surface area contributed by atoms with E-state index in [1.165, 1.54) is 11.8 Å². The zero-order valence-corrected chi connectivity index (χ0v) is 12.2. The van der Waals surface area contributed by atoms with Crippen LogP contribution in [0.3, 0.4) is 0 Å². The number of rotatable bonds is 5. The highest BCUT2D eigenvalue weighted by atomic mass is 16.1. The monoisotopic (exact) mass is 282 g/mol. The van der Waals surface area contributed by atoms with Gasteiger partial charge >= 0.3 is 0 Å². The molecule has 5 nitrogen and oxygen atoms in total. The standard InChI is InChI=1S/C16H18N4O/c1-4-7-17-16(21)14-9-19-15(10-18-14)20-13-6-5-11(2)8-12(13)3/h4-6,8-10H,1,7H2,2-3H3,(H,17,21)(H,19,20). The molecule has 0 fully saturated rings. The summed E-state index contributed by atoms with van der Waals surface area (Å²) < 4.78 is 0. The predicted molar refractivity (Wildman–Crippen MR) is 83.8 cm³/mol. The van der Waals surface area contributed by atoms with Crippen LogP contribution in [-0.4, -0.2) is 22.4 Å². The van der Waals surface area contributed by atoms with Gasteiger partial charge in [0, 0.05) is 12.2 Å². The summed E-state index contributed by atoms with van der Waals surface area (Å²) in [5.41, 5.74) is 3.59. The van der Waals surface area contributed by atoms with E-state index in [-0.39, 0.29) is 11.6 Å². The number of hydrogen-bond acceptors (Lipinski definition) is 4. The number of aromatic nitrogens is 2. The molecule has 1 aromatic carbocycles. The molecule has 0 radical (unpaired) electrons. The largest absolute Gasteiger partial charge is 0.347 e. The Balaban J connectivity index is 2.08. The van der Waals surface area contributed by atoms with Crippen molar-refractivity contribution in [3.8, 4) is 0 Å². The lowest BCUT2D eigenvalue weighted by molar-refractivity contribution is 0.0952. The molecular formula is C16H18N4O. The fourth-order valence-electron chi connectivity index (χ4n) is 1.86. The highest BCUT2D eigenvalue weighted by Crippen LogP contribution is 2.19. The highest BCUT2D eigenvalue weighted by Gasteiger charge is 2.07. The van der Waals surface area contributed by atoms with Crippen LogP contribution in [0.15, 0.2) is 43.2 Å². The van der Waals surface area contributed by atoms with Crippen molar-refractivity contribution in [3.05, 3.63) is 60.1 Å². The second-order valence-electron chi connectivity index (χ2n) is 4.73. The van der Waals surface area contributed by atoms with Crippen LogP contribution < -0.4 is 10.6 Å². The minimum Gasteiger partial charge on any atom is -0.347 e. The fraction of sp³-hybridized carbons (Fsp3) is 0.188. The molecule has 0 aliphatic carbocycles. The van der Waals surface area contributed by atoms with Crippen molar-refractivity contribution in [2.75, 3.05) is 11.9 Å². The van der Waals surface area contributed by atoms with Crippen molar-refractivity contribution < 1.29 is 4.79 Å². The van der Waals surface area contributed by atoms with Gasteiger partial charge in [-0.3, -0.25) is 4.79 Å². The van der Waals surface area contributed by atoms with E-state index in [2.05, 4.69) is 33.2 Å². The van der Waals surface area contributed by atoms with Crippen molar-refractivity contribution in [1.82, 2.24) is 15.3 Å². The van der Waals surface area contributed by atoms with Crippen LogP contribution in [0.2, 0.25) is 0 Å². The minimum atomic E-state index is -0.263. The number of amides is 1. The van der Waals surface area contributed by atoms with Crippen molar-refractivity contribution in [1.29, 1.82) is 0 Å². The van der Waals surface area contributed by atoms with Crippen LogP contribution in [0.25, 0.3) is 0 Å². The maximum atomic E-state index is 11.7. The topological polar surface area (TPSA) is 66.9 Å². The molecule has 0 aliphatic heterocycles. The molecule has 1 amide bonds. The molecule has 1 aromatic heterocycles. The van der Waals surface area contributed by atoms with Crippen LogP contribution in [0, 0.1) is 13.8 Å². The number of hydrogen-bond donors (Lipinski definition) is 2. The molecule has 108 valence electrons. The van der Waals surface area contributed by atoms with Crippen LogP contribution >= 0.6 is 0 Å². The van der Waals surface area contributed by atoms with E-state index < -0.39 is 0 Å². The number of nitrogens with zero attached hydrogens (tertiary/aromatic N) is 2. The van der Waals surface area contributed by atoms with Gasteiger partial charge in [-0.25, -0.2) is 9.97 Å². The second kappa shape index (κ2) is 6.65. The Hall–Kier alpha value is -2.69. The van der Waals surface area contributed by atoms with E-state index in [1.54, 1.807) is 12.3 Å². The summed E-state index contributed by atoms with van der Waals surface area (Å²) in [5.74, 6) is 0.336. The predicted octanol–water partition coefficient (Wildman–Crippen LogP) is 2.75. The Morgan fingerprint density at radius 1 is 1.29 bits per heavy atom. The lowest BCUT2D eigenvalue weighted by Crippen LogP contribution is -2.24. The molecule has 2 aromatic rings. The van der Waals surface area contributed by atoms with Gasteiger partial charge in [0.15, 0.2) is 0 Å². The van der Waals surface area contributed by atoms with Crippen LogP contribution in [0.4, 0.5) is 11.5 Å². The van der Waals surface area contributed by atoms with Crippen LogP contribution in [0.5, 0.6) is 0 Å². The van der Waals surface area contributed by atoms with Gasteiger partial charge < -0.3 is 10.6 Å². The lowest BCUT2D eigenvalue weighted by Gasteiger charge is -2.09. The summed E-state index contributed by atoms with van der Waals surface area (Å²) in [4.78, 5) is 20.0. The normalized spacial score (nSPS) is 10.0. The summed E-state index contributed by atoms with van der Waals surface area (Å²) >= 11 is 0. The Labute approximate surface area is 124 Å². The van der Waals surface area contributed by atoms with Crippen molar-refractivity contribution >= 4 is 17.4 Å². The molecular weight excluding hydrogens is 264 g/mol. The molecule has 0 saturated heterocycles. The average molecular weight is 282 g/mol. The molecule has 0 unspecified atom stereocenters. The summed E-state index contributed by atoms with van der Waals surface area (Å²) in [7, 11) is 0. The Morgan fingerprint density at radius 2 is 2.10 bits per heavy atom. The van der Waals surface area contributed by atoms with E-state index >= 15 is 0 Å². The summed E-state index contributed by atoms with van der Waals surface area (Å²) in [6.07, 6.45) is 4.60. The highest BCUT2D eigenvalue weighted by molar-refractivity contribution is 5.92. The van der Waals surface area contributed by atoms with Crippen molar-refractivity contribution in [2.24, 2.45) is 0 Å². The second-order valence-corrected chi connectivity index (χ2v) is 4.73. The van der Waals surface area contributed by atoms with Crippen LogP contribution in [-0.2, 0) is 0 Å². The van der Waals surface area contributed by atoms with Gasteiger partial charge in [0.1, 0.15) is 11.5 Å². The van der Waals surface area contributed by atoms with Crippen molar-refractivity contribution in [2.45, 2.75) is 13.8 Å². The molecule has 0 saturated carbocycles. The quantitative estimate of drug-likeness (QED) is 0.827. The molecule has 5 heteroatoms. The van der Waals surface area contributed by atoms with Gasteiger partial charge in [-0.05, 0) is 25.5 Å². The molecule has 1 heterocycles. The molecule has 0 bridgehead atoms. The molecule has 2 rings (SSSR count). The van der Waals surface area contributed by atoms with Gasteiger partial charge in [0.05, 0.1) is 12.4 Å². The molecule has 2 N–H and O–H groups in total. The van der Waals surface area contributed by atoms with E-state index in [1.807, 2.05) is 26.0 Å². The number of nitrogens with one attached hydrogen (secondary N) is 2. The number of carbonyl (C=O) groups is 1. The summed E-state index contributed by atoms with van der Waals surface area (Å²) in [6.45, 7) is 8.02. The third kappa shape index (κ3) is 3.89. The van der Waals surface area contributed by atoms with Gasteiger partial charge in [0.2, 0.25) is 0 Å². The first-order chi connectivity index (χ1) is 10.1. The van der Waals surface area contributed by atoms with Gasteiger partial charge in [-0.15, -0.1) is 6.58 Å². The molecule has 0 aliphatic rings. The number of benzene rings is 1. The van der Waals surface area contributed by atoms with Gasteiger partial charge in [-0.1, -0.05) is 23.8 Å². The van der Waals surface area contributed by atoms with Gasteiger partial charge in [0.25, 0.3) is 5.91 Å². The number of carbonyl (C=O) groups excluding carboxylic acids is 1. The van der Waals surface area contributed by atoms with E-state index in [4.69, 9.17) is 0 Å². The lowest BCUT2D eigenvalue weighted by atomic mass is 10.1. The Bertz CT molecular complexity index is 650. The van der Waals surface area contributed by atoms with Crippen LogP contribution in [0.1, 0.15) is 21.6 Å². The maximum absolute atomic E-state index is 11.7. The van der Waals surface area contributed by atoms with Crippen molar-refractivity contribution in [3.63, 3.8) is 0 Å². The molecule has 21 heavy (non-hydrogen) atoms. The summed E-state index contributed by atoms with van der Waals surface area (Å²) in [6, 6.07) is 6.11. The van der Waals surface area contributed by atoms with E-state index in [0.717, 1.165) is 11.3 Å². The van der Waals surface area contributed by atoms with E-state index in [9.17, 15) is 4.79 Å². The molecule has 0 spiro atoms. The van der Waals surface area contributed by atoms with E-state index in [0.29, 0.717) is 12.4 Å². The average Bonchev–Trinajstić information content (AvgIpc) is 2.48. The number of anilines is 2. The zero-order valence-electron chi connectivity index (χ0n) is 12.2. The first-order valence-corrected chi connectivity index (χ1v) is 6.65. The number of aryl methyl sites for hydroxylation is 2. The third-order valence-corrected chi connectivity index (χ3v) is 2.94. The smallest absolute Gasteiger partial charge is 0.271 e. The Kier molecular flexibility index (Phi) is 4.66. The SMILES string of the molecule is C=CCNC(=O)c1cnc(Nc2ccc(C)cc2C)cn1. The first-order valence-electron chi connectivity index (χ1n) is 6.65. The minimum absolute atomic E-state index is 0.263. The first kappa shape index (κ1) is 14.7. The third-order valence-electron chi connectivity index (χ3n) is 2.94.